The van der Waals surface area contributed by atoms with E-state index in [9.17, 15) is 9.59 Å². The van der Waals surface area contributed by atoms with E-state index >= 15 is 0 Å². The summed E-state index contributed by atoms with van der Waals surface area (Å²) in [6, 6.07) is 3.83. The van der Waals surface area contributed by atoms with Gasteiger partial charge in [0.15, 0.2) is 0 Å². The maximum Gasteiger partial charge on any atom is 0.264 e. The largest absolute Gasteiger partial charge is 0.350 e. The van der Waals surface area contributed by atoms with E-state index in [-0.39, 0.29) is 30.4 Å². The molecule has 0 aromatic carbocycles. The second-order valence-electron chi connectivity index (χ2n) is 5.27. The van der Waals surface area contributed by atoms with Crippen LogP contribution in [0.4, 0.5) is 0 Å². The van der Waals surface area contributed by atoms with Crippen LogP contribution in [-0.4, -0.2) is 35.3 Å². The molecular formula is C14H15N3O2S. The maximum atomic E-state index is 12.6. The Morgan fingerprint density at radius 3 is 3.00 bits per heavy atom. The number of hydrogen-bond acceptors (Lipinski definition) is 4. The van der Waals surface area contributed by atoms with Gasteiger partial charge < -0.3 is 10.2 Å². The van der Waals surface area contributed by atoms with Gasteiger partial charge in [0.1, 0.15) is 12.6 Å². The van der Waals surface area contributed by atoms with E-state index in [0.29, 0.717) is 10.4 Å². The Morgan fingerprint density at radius 1 is 1.45 bits per heavy atom. The molecule has 104 valence electrons. The van der Waals surface area contributed by atoms with Crippen LogP contribution in [0.25, 0.3) is 0 Å². The van der Waals surface area contributed by atoms with Gasteiger partial charge in [-0.1, -0.05) is 12.8 Å². The third-order valence-corrected chi connectivity index (χ3v) is 4.91. The van der Waals surface area contributed by atoms with E-state index in [0.717, 1.165) is 25.7 Å². The average Bonchev–Trinajstić information content (AvgIpc) is 2.94. The van der Waals surface area contributed by atoms with Crippen LogP contribution in [0.1, 0.15) is 40.9 Å². The first-order chi connectivity index (χ1) is 9.69. The smallest absolute Gasteiger partial charge is 0.264 e. The lowest BCUT2D eigenvalue weighted by molar-refractivity contribution is -0.127. The SMILES string of the molecule is N#Cc1csc(C(=O)N2CC(=O)N[C@H]3CCCC[C@@H]32)c1. The van der Waals surface area contributed by atoms with Gasteiger partial charge in [0.05, 0.1) is 16.5 Å². The minimum absolute atomic E-state index is 0.0847. The molecule has 3 rings (SSSR count). The van der Waals surface area contributed by atoms with Crippen LogP contribution in [0.15, 0.2) is 11.4 Å². The molecule has 0 bridgehead atoms. The molecule has 0 unspecified atom stereocenters. The van der Waals surface area contributed by atoms with Gasteiger partial charge in [-0.05, 0) is 18.9 Å². The van der Waals surface area contributed by atoms with Crippen molar-refractivity contribution in [1.82, 2.24) is 10.2 Å². The second-order valence-corrected chi connectivity index (χ2v) is 6.18. The van der Waals surface area contributed by atoms with Gasteiger partial charge in [-0.3, -0.25) is 9.59 Å². The average molecular weight is 289 g/mol. The molecular weight excluding hydrogens is 274 g/mol. The third kappa shape index (κ3) is 2.29. The third-order valence-electron chi connectivity index (χ3n) is 3.99. The molecule has 20 heavy (non-hydrogen) atoms. The first-order valence-corrected chi connectivity index (χ1v) is 7.66. The minimum atomic E-state index is -0.122. The topological polar surface area (TPSA) is 73.2 Å². The van der Waals surface area contributed by atoms with E-state index in [1.54, 1.807) is 16.3 Å². The first-order valence-electron chi connectivity index (χ1n) is 6.78. The molecule has 0 spiro atoms. The van der Waals surface area contributed by atoms with E-state index < -0.39 is 0 Å². The monoisotopic (exact) mass is 289 g/mol. The van der Waals surface area contributed by atoms with Crippen LogP contribution in [0.3, 0.4) is 0 Å². The van der Waals surface area contributed by atoms with Crippen molar-refractivity contribution < 1.29 is 9.59 Å². The van der Waals surface area contributed by atoms with Crippen LogP contribution >= 0.6 is 11.3 Å². The van der Waals surface area contributed by atoms with Gasteiger partial charge in [0, 0.05) is 11.4 Å². The summed E-state index contributed by atoms with van der Waals surface area (Å²) in [5.74, 6) is -0.207. The van der Waals surface area contributed by atoms with Crippen molar-refractivity contribution in [1.29, 1.82) is 5.26 Å². The molecule has 2 aliphatic rings. The summed E-state index contributed by atoms with van der Waals surface area (Å²) in [7, 11) is 0. The van der Waals surface area contributed by atoms with Crippen molar-refractivity contribution in [3.8, 4) is 6.07 Å². The van der Waals surface area contributed by atoms with Crippen LogP contribution in [0.5, 0.6) is 0 Å². The summed E-state index contributed by atoms with van der Waals surface area (Å²) in [5.41, 5.74) is 0.500. The molecule has 2 fully saturated rings. The normalized spacial score (nSPS) is 25.6. The van der Waals surface area contributed by atoms with Crippen LogP contribution in [0, 0.1) is 11.3 Å². The molecule has 2 amide bonds. The van der Waals surface area contributed by atoms with Crippen LogP contribution in [-0.2, 0) is 4.79 Å². The fraction of sp³-hybridized carbons (Fsp3) is 0.500. The summed E-state index contributed by atoms with van der Waals surface area (Å²) in [4.78, 5) is 26.6. The second kappa shape index (κ2) is 5.25. The summed E-state index contributed by atoms with van der Waals surface area (Å²) in [6.45, 7) is 0.125. The van der Waals surface area contributed by atoms with E-state index in [4.69, 9.17) is 5.26 Å². The lowest BCUT2D eigenvalue weighted by Crippen LogP contribution is -2.62. The highest BCUT2D eigenvalue weighted by Gasteiger charge is 2.39. The van der Waals surface area contributed by atoms with Crippen molar-refractivity contribution in [2.75, 3.05) is 6.54 Å². The zero-order valence-electron chi connectivity index (χ0n) is 11.0. The van der Waals surface area contributed by atoms with Gasteiger partial charge in [-0.25, -0.2) is 0 Å². The number of rotatable bonds is 1. The molecule has 0 radical (unpaired) electrons. The van der Waals surface area contributed by atoms with Gasteiger partial charge in [-0.15, -0.1) is 11.3 Å². The highest BCUT2D eigenvalue weighted by atomic mass is 32.1. The summed E-state index contributed by atoms with van der Waals surface area (Å²) < 4.78 is 0. The number of thiophene rings is 1. The lowest BCUT2D eigenvalue weighted by atomic mass is 9.87. The summed E-state index contributed by atoms with van der Waals surface area (Å²) >= 11 is 1.27. The molecule has 2 heterocycles. The molecule has 1 aromatic heterocycles. The molecule has 1 aliphatic carbocycles. The number of carbonyl (C=O) groups is 2. The van der Waals surface area contributed by atoms with Crippen molar-refractivity contribution in [3.05, 3.63) is 21.9 Å². The fourth-order valence-corrected chi connectivity index (χ4v) is 3.84. The van der Waals surface area contributed by atoms with Crippen LogP contribution < -0.4 is 5.32 Å². The van der Waals surface area contributed by atoms with E-state index in [1.165, 1.54) is 11.3 Å². The molecule has 5 nitrogen and oxygen atoms in total. The predicted octanol–water partition coefficient (Wildman–Crippen LogP) is 1.50. The minimum Gasteiger partial charge on any atom is -0.350 e. The van der Waals surface area contributed by atoms with Crippen molar-refractivity contribution in [2.45, 2.75) is 37.8 Å². The van der Waals surface area contributed by atoms with Gasteiger partial charge >= 0.3 is 0 Å². The van der Waals surface area contributed by atoms with Gasteiger partial charge in [-0.2, -0.15) is 5.26 Å². The molecule has 1 N–H and O–H groups in total. The highest BCUT2D eigenvalue weighted by molar-refractivity contribution is 7.12. The fourth-order valence-electron chi connectivity index (χ4n) is 3.05. The van der Waals surface area contributed by atoms with E-state index in [1.807, 2.05) is 6.07 Å². The summed E-state index contributed by atoms with van der Waals surface area (Å²) in [5, 5.41) is 13.5. The van der Waals surface area contributed by atoms with Gasteiger partial charge in [0.25, 0.3) is 5.91 Å². The maximum absolute atomic E-state index is 12.6. The standard InChI is InChI=1S/C14H15N3O2S/c15-6-9-5-12(20-8-9)14(19)17-7-13(18)16-10-3-1-2-4-11(10)17/h5,8,10-11H,1-4,7H2,(H,16,18)/t10-,11-/m0/s1. The summed E-state index contributed by atoms with van der Waals surface area (Å²) in [6.07, 6.45) is 4.07. The predicted molar refractivity (Wildman–Crippen MR) is 74.3 cm³/mol. The number of nitrogens with one attached hydrogen (secondary N) is 1. The van der Waals surface area contributed by atoms with Crippen molar-refractivity contribution in [3.63, 3.8) is 0 Å². The Morgan fingerprint density at radius 2 is 2.25 bits per heavy atom. The van der Waals surface area contributed by atoms with Crippen molar-refractivity contribution in [2.24, 2.45) is 0 Å². The first kappa shape index (κ1) is 13.1. The number of carbonyl (C=O) groups excluding carboxylic acids is 2. The highest BCUT2D eigenvalue weighted by Crippen LogP contribution is 2.28. The number of hydrogen-bond donors (Lipinski definition) is 1. The molecule has 6 heteroatoms. The number of piperazine rings is 1. The lowest BCUT2D eigenvalue weighted by Gasteiger charge is -2.43. The van der Waals surface area contributed by atoms with E-state index in [2.05, 4.69) is 5.32 Å². The Balaban J connectivity index is 1.84. The van der Waals surface area contributed by atoms with Gasteiger partial charge in [0.2, 0.25) is 5.91 Å². The number of amides is 2. The number of nitriles is 1. The molecule has 2 atom stereocenters. The number of nitrogens with zero attached hydrogens (tertiary/aromatic N) is 2. The Labute approximate surface area is 121 Å². The molecule has 1 saturated carbocycles. The molecule has 1 aliphatic heterocycles. The number of fused-ring (bicyclic) bond motifs is 1. The quantitative estimate of drug-likeness (QED) is 0.851. The molecule has 1 aromatic rings. The zero-order chi connectivity index (χ0) is 14.1. The van der Waals surface area contributed by atoms with Crippen LogP contribution in [0.2, 0.25) is 0 Å². The molecule has 1 saturated heterocycles. The zero-order valence-corrected chi connectivity index (χ0v) is 11.8. The Bertz CT molecular complexity index is 589. The Kier molecular flexibility index (Phi) is 3.45. The Hall–Kier alpha value is -1.87. The van der Waals surface area contributed by atoms with Crippen molar-refractivity contribution >= 4 is 23.2 Å².